The van der Waals surface area contributed by atoms with Crippen LogP contribution in [-0.4, -0.2) is 43.4 Å². The van der Waals surface area contributed by atoms with E-state index in [1.807, 2.05) is 0 Å². The Kier molecular flexibility index (Phi) is 2.55. The highest BCUT2D eigenvalue weighted by Crippen LogP contribution is 1.99. The molecule has 9 heavy (non-hydrogen) atoms. The number of hydrogen-bond acceptors (Lipinski definition) is 2. The van der Waals surface area contributed by atoms with E-state index in [-0.39, 0.29) is 0 Å². The van der Waals surface area contributed by atoms with Crippen molar-refractivity contribution in [3.8, 4) is 0 Å². The van der Waals surface area contributed by atoms with Crippen LogP contribution in [0.1, 0.15) is 13.8 Å². The molecule has 0 N–H and O–H groups in total. The van der Waals surface area contributed by atoms with E-state index in [4.69, 9.17) is 0 Å². The molecule has 0 spiro atoms. The number of hydrogen-bond donors (Lipinski definition) is 0. The molecule has 1 aliphatic rings. The first-order chi connectivity index (χ1) is 4.36. The van der Waals surface area contributed by atoms with Gasteiger partial charge in [-0.3, -0.25) is 0 Å². The molecule has 1 saturated heterocycles. The van der Waals surface area contributed by atoms with Gasteiger partial charge in [0.2, 0.25) is 0 Å². The van der Waals surface area contributed by atoms with Crippen molar-refractivity contribution in [1.29, 1.82) is 0 Å². The van der Waals surface area contributed by atoms with E-state index in [2.05, 4.69) is 23.5 Å². The lowest BCUT2D eigenvalue weighted by molar-refractivity contribution is 0.486. The first kappa shape index (κ1) is 7.10. The molecule has 52 valence electrons. The van der Waals surface area contributed by atoms with Crippen LogP contribution < -0.4 is 0 Å². The lowest BCUT2D eigenvalue weighted by Gasteiger charge is -2.11. The van der Waals surface area contributed by atoms with Gasteiger partial charge in [0.1, 0.15) is 0 Å². The quantitative estimate of drug-likeness (QED) is 0.477. The van der Waals surface area contributed by atoms with Crippen LogP contribution in [-0.2, 0) is 0 Å². The first-order valence-corrected chi connectivity index (χ1v) is 3.81. The molecule has 0 aromatic rings. The molecule has 0 unspecified atom stereocenters. The second-order valence-corrected chi connectivity index (χ2v) is 2.56. The van der Waals surface area contributed by atoms with Gasteiger partial charge in [0, 0.05) is 13.1 Å². The monoisotopic (exact) mass is 126 g/mol. The summed E-state index contributed by atoms with van der Waals surface area (Å²) in [4.78, 5) is 4.92. The Bertz CT molecular complexity index is 77.1. The molecular formula is C6H15BN2. The first-order valence-electron chi connectivity index (χ1n) is 3.81. The molecule has 1 rings (SSSR count). The van der Waals surface area contributed by atoms with Crippen LogP contribution in [0.15, 0.2) is 0 Å². The third-order valence-corrected chi connectivity index (χ3v) is 2.03. The lowest BCUT2D eigenvalue weighted by atomic mass is 10.1. The van der Waals surface area contributed by atoms with Gasteiger partial charge >= 0.3 is 0 Å². The lowest BCUT2D eigenvalue weighted by Crippen LogP contribution is -2.29. The fourth-order valence-electron chi connectivity index (χ4n) is 1.22. The van der Waals surface area contributed by atoms with Crippen LogP contribution in [0.4, 0.5) is 0 Å². The average Bonchev–Trinajstić information content (AvgIpc) is 2.34. The highest BCUT2D eigenvalue weighted by molar-refractivity contribution is 6.29. The normalized spacial score (nSPS) is 22.4. The Labute approximate surface area is 58.1 Å². The molecule has 0 aromatic heterocycles. The summed E-state index contributed by atoms with van der Waals surface area (Å²) in [6.07, 6.45) is 0. The van der Waals surface area contributed by atoms with Gasteiger partial charge in [-0.1, -0.05) is 13.8 Å². The van der Waals surface area contributed by atoms with Gasteiger partial charge in [-0.05, 0) is 13.1 Å². The molecule has 1 heterocycles. The summed E-state index contributed by atoms with van der Waals surface area (Å²) in [7, 11) is 1.19. The molecule has 2 nitrogen and oxygen atoms in total. The Balaban J connectivity index is 2.20. The zero-order chi connectivity index (χ0) is 6.69. The topological polar surface area (TPSA) is 6.48 Å². The molecule has 3 heteroatoms. The second-order valence-electron chi connectivity index (χ2n) is 2.56. The van der Waals surface area contributed by atoms with Gasteiger partial charge in [0.25, 0.3) is 7.55 Å². The molecule has 0 aromatic carbocycles. The summed E-state index contributed by atoms with van der Waals surface area (Å²) in [5, 5.41) is 0. The van der Waals surface area contributed by atoms with Gasteiger partial charge in [0.15, 0.2) is 0 Å². The van der Waals surface area contributed by atoms with Gasteiger partial charge in [0.05, 0.1) is 0 Å². The molecule has 1 aliphatic heterocycles. The summed E-state index contributed by atoms with van der Waals surface area (Å²) in [6, 6.07) is 0. The van der Waals surface area contributed by atoms with Gasteiger partial charge in [-0.2, -0.15) is 0 Å². The smallest absolute Gasteiger partial charge is 0.291 e. The van der Waals surface area contributed by atoms with Crippen LogP contribution in [0.3, 0.4) is 0 Å². The summed E-state index contributed by atoms with van der Waals surface area (Å²) in [5.41, 5.74) is 0. The maximum atomic E-state index is 2.46. The van der Waals surface area contributed by atoms with Crippen molar-refractivity contribution in [2.24, 2.45) is 0 Å². The fourth-order valence-corrected chi connectivity index (χ4v) is 1.22. The molecule has 0 saturated carbocycles. The van der Waals surface area contributed by atoms with E-state index in [9.17, 15) is 0 Å². The summed E-state index contributed by atoms with van der Waals surface area (Å²) in [5.74, 6) is 0. The van der Waals surface area contributed by atoms with Crippen LogP contribution in [0.5, 0.6) is 0 Å². The summed E-state index contributed by atoms with van der Waals surface area (Å²) >= 11 is 0. The van der Waals surface area contributed by atoms with Gasteiger partial charge in [-0.25, -0.2) is 0 Å². The highest BCUT2D eigenvalue weighted by Gasteiger charge is 2.17. The van der Waals surface area contributed by atoms with E-state index in [0.717, 1.165) is 0 Å². The molecule has 0 aliphatic carbocycles. The largest absolute Gasteiger partial charge is 0.330 e. The minimum Gasteiger partial charge on any atom is -0.330 e. The maximum Gasteiger partial charge on any atom is 0.291 e. The van der Waals surface area contributed by atoms with Crippen molar-refractivity contribution in [2.75, 3.05) is 26.2 Å². The van der Waals surface area contributed by atoms with Gasteiger partial charge < -0.3 is 9.62 Å². The van der Waals surface area contributed by atoms with E-state index >= 15 is 0 Å². The van der Waals surface area contributed by atoms with E-state index in [0.29, 0.717) is 0 Å². The maximum absolute atomic E-state index is 2.46. The standard InChI is InChI=1S/C6H15BN2/c1-3-8-5-6-9(4-2)7-8/h7H,3-6H2,1-2H3. The third-order valence-electron chi connectivity index (χ3n) is 2.03. The Morgan fingerprint density at radius 1 is 1.11 bits per heavy atom. The van der Waals surface area contributed by atoms with Crippen molar-refractivity contribution in [1.82, 2.24) is 9.62 Å². The zero-order valence-electron chi connectivity index (χ0n) is 6.43. The highest BCUT2D eigenvalue weighted by atomic mass is 15.3. The molecule has 0 atom stereocenters. The minimum absolute atomic E-state index is 1.19. The van der Waals surface area contributed by atoms with Crippen LogP contribution in [0.25, 0.3) is 0 Å². The average molecular weight is 126 g/mol. The fraction of sp³-hybridized carbons (Fsp3) is 1.00. The molecule has 0 bridgehead atoms. The second kappa shape index (κ2) is 3.23. The molecule has 1 fully saturated rings. The number of likely N-dealkylation sites (N-methyl/N-ethyl adjacent to an activating group) is 2. The van der Waals surface area contributed by atoms with Crippen molar-refractivity contribution < 1.29 is 0 Å². The van der Waals surface area contributed by atoms with Crippen molar-refractivity contribution >= 4 is 7.55 Å². The Morgan fingerprint density at radius 2 is 1.56 bits per heavy atom. The summed E-state index contributed by atoms with van der Waals surface area (Å²) in [6.45, 7) is 9.39. The predicted molar refractivity (Wildman–Crippen MR) is 41.6 cm³/mol. The van der Waals surface area contributed by atoms with E-state index in [1.165, 1.54) is 33.7 Å². The van der Waals surface area contributed by atoms with Crippen LogP contribution >= 0.6 is 0 Å². The molecule has 0 amide bonds. The zero-order valence-corrected chi connectivity index (χ0v) is 6.43. The Morgan fingerprint density at radius 3 is 1.78 bits per heavy atom. The Hall–Kier alpha value is -0.0151. The van der Waals surface area contributed by atoms with E-state index < -0.39 is 0 Å². The predicted octanol–water partition coefficient (Wildman–Crippen LogP) is -0.0897. The SMILES string of the molecule is CCN1BN(CC)CC1. The minimum atomic E-state index is 1.19. The van der Waals surface area contributed by atoms with Crippen molar-refractivity contribution in [3.05, 3.63) is 0 Å². The van der Waals surface area contributed by atoms with Crippen LogP contribution in [0, 0.1) is 0 Å². The third kappa shape index (κ3) is 1.70. The number of rotatable bonds is 2. The van der Waals surface area contributed by atoms with Gasteiger partial charge in [-0.15, -0.1) is 0 Å². The van der Waals surface area contributed by atoms with E-state index in [1.54, 1.807) is 0 Å². The van der Waals surface area contributed by atoms with Crippen molar-refractivity contribution in [3.63, 3.8) is 0 Å². The molecular weight excluding hydrogens is 111 g/mol. The summed E-state index contributed by atoms with van der Waals surface area (Å²) < 4.78 is 0. The number of nitrogens with zero attached hydrogens (tertiary/aromatic N) is 2. The molecule has 0 radical (unpaired) electrons. The van der Waals surface area contributed by atoms with Crippen molar-refractivity contribution in [2.45, 2.75) is 13.8 Å². The van der Waals surface area contributed by atoms with Crippen LogP contribution in [0.2, 0.25) is 0 Å².